The maximum Gasteiger partial charge on any atom is 0.334 e. The van der Waals surface area contributed by atoms with Crippen molar-refractivity contribution in [1.82, 2.24) is 10.3 Å². The van der Waals surface area contributed by atoms with Crippen LogP contribution in [0.25, 0.3) is 0 Å². The number of dihydropyridines is 1. The van der Waals surface area contributed by atoms with Gasteiger partial charge in [-0.3, -0.25) is 9.78 Å². The van der Waals surface area contributed by atoms with Crippen LogP contribution < -0.4 is 11.1 Å². The summed E-state index contributed by atoms with van der Waals surface area (Å²) in [6.45, 7) is 1.62. The highest BCUT2D eigenvalue weighted by atomic mass is 32.2. The Morgan fingerprint density at radius 1 is 1.48 bits per heavy atom. The van der Waals surface area contributed by atoms with Gasteiger partial charge in [0.2, 0.25) is 5.91 Å². The van der Waals surface area contributed by atoms with E-state index in [-0.39, 0.29) is 16.9 Å². The van der Waals surface area contributed by atoms with Gasteiger partial charge >= 0.3 is 5.97 Å². The Bertz CT molecular complexity index is 750. The number of carbonyl (C=O) groups excluding carboxylic acids is 1. The van der Waals surface area contributed by atoms with Crippen LogP contribution in [0.5, 0.6) is 0 Å². The number of hydrogen-bond acceptors (Lipinski definition) is 6. The fraction of sp³-hybridized carbons (Fsp3) is 0.200. The van der Waals surface area contributed by atoms with E-state index in [0.717, 1.165) is 11.8 Å². The standard InChI is InChI=1S/C15H14N4O3S/c1-8-12(15(21)22)13(9-2-4-18-5-3-9)10(6-16)14(19-8)23-7-11(17)20/h2-5,13,19H,7H2,1H3,(H2,17,20)(H,21,22). The zero-order valence-corrected chi connectivity index (χ0v) is 13.1. The number of carboxylic acid groups (broad SMARTS) is 1. The lowest BCUT2D eigenvalue weighted by molar-refractivity contribution is -0.133. The Kier molecular flexibility index (Phi) is 5.03. The zero-order valence-electron chi connectivity index (χ0n) is 12.2. The van der Waals surface area contributed by atoms with E-state index in [1.54, 1.807) is 19.1 Å². The van der Waals surface area contributed by atoms with Gasteiger partial charge in [0.05, 0.1) is 33.9 Å². The van der Waals surface area contributed by atoms with Crippen LogP contribution >= 0.6 is 11.8 Å². The number of nitrogens with zero attached hydrogens (tertiary/aromatic N) is 2. The molecule has 2 heterocycles. The van der Waals surface area contributed by atoms with Crippen LogP contribution in [-0.4, -0.2) is 27.7 Å². The molecule has 0 aliphatic carbocycles. The summed E-state index contributed by atoms with van der Waals surface area (Å²) in [4.78, 5) is 26.6. The quantitative estimate of drug-likeness (QED) is 0.736. The van der Waals surface area contributed by atoms with Gasteiger partial charge in [-0.25, -0.2) is 4.79 Å². The molecule has 2 rings (SSSR count). The number of nitriles is 1. The highest BCUT2D eigenvalue weighted by molar-refractivity contribution is 8.03. The van der Waals surface area contributed by atoms with Crippen LogP contribution in [0.3, 0.4) is 0 Å². The summed E-state index contributed by atoms with van der Waals surface area (Å²) in [5.41, 5.74) is 6.55. The van der Waals surface area contributed by atoms with E-state index in [1.807, 2.05) is 0 Å². The minimum Gasteiger partial charge on any atom is -0.478 e. The fourth-order valence-corrected chi connectivity index (χ4v) is 3.17. The van der Waals surface area contributed by atoms with Gasteiger partial charge in [0, 0.05) is 18.1 Å². The van der Waals surface area contributed by atoms with Crippen LogP contribution in [0.4, 0.5) is 0 Å². The number of allylic oxidation sites excluding steroid dienone is 2. The van der Waals surface area contributed by atoms with E-state index in [0.29, 0.717) is 16.3 Å². The molecule has 1 aliphatic rings. The van der Waals surface area contributed by atoms with Crippen LogP contribution in [0, 0.1) is 11.3 Å². The molecule has 1 atom stereocenters. The van der Waals surface area contributed by atoms with E-state index < -0.39 is 17.8 Å². The first-order valence-corrected chi connectivity index (χ1v) is 7.60. The molecule has 0 bridgehead atoms. The molecule has 8 heteroatoms. The van der Waals surface area contributed by atoms with Crippen LogP contribution in [-0.2, 0) is 9.59 Å². The number of primary amides is 1. The van der Waals surface area contributed by atoms with Crippen molar-refractivity contribution >= 4 is 23.6 Å². The Labute approximate surface area is 136 Å². The number of nitrogens with two attached hydrogens (primary N) is 1. The average molecular weight is 330 g/mol. The molecule has 0 radical (unpaired) electrons. The highest BCUT2D eigenvalue weighted by Crippen LogP contribution is 2.40. The molecule has 7 nitrogen and oxygen atoms in total. The van der Waals surface area contributed by atoms with Crippen molar-refractivity contribution in [3.8, 4) is 6.07 Å². The second kappa shape index (κ2) is 6.98. The Morgan fingerprint density at radius 2 is 2.13 bits per heavy atom. The van der Waals surface area contributed by atoms with Gasteiger partial charge in [-0.15, -0.1) is 0 Å². The van der Waals surface area contributed by atoms with Gasteiger partial charge in [-0.2, -0.15) is 5.26 Å². The Hall–Kier alpha value is -2.79. The summed E-state index contributed by atoms with van der Waals surface area (Å²) < 4.78 is 0. The lowest BCUT2D eigenvalue weighted by Gasteiger charge is -2.28. The molecule has 0 spiro atoms. The third kappa shape index (κ3) is 3.52. The lowest BCUT2D eigenvalue weighted by Crippen LogP contribution is -2.28. The topological polar surface area (TPSA) is 129 Å². The van der Waals surface area contributed by atoms with Gasteiger partial charge in [0.25, 0.3) is 0 Å². The normalized spacial score (nSPS) is 17.5. The molecule has 118 valence electrons. The second-order valence-corrected chi connectivity index (χ2v) is 5.78. The molecule has 0 saturated heterocycles. The third-order valence-electron chi connectivity index (χ3n) is 3.28. The van der Waals surface area contributed by atoms with E-state index in [2.05, 4.69) is 16.4 Å². The summed E-state index contributed by atoms with van der Waals surface area (Å²) in [6.07, 6.45) is 3.08. The molecular weight excluding hydrogens is 316 g/mol. The molecule has 1 unspecified atom stereocenters. The van der Waals surface area contributed by atoms with E-state index >= 15 is 0 Å². The van der Waals surface area contributed by atoms with Gasteiger partial charge in [-0.1, -0.05) is 11.8 Å². The van der Waals surface area contributed by atoms with Gasteiger partial charge in [-0.05, 0) is 24.6 Å². The zero-order chi connectivity index (χ0) is 17.0. The number of carboxylic acids is 1. The fourth-order valence-electron chi connectivity index (χ4n) is 2.34. The second-order valence-electron chi connectivity index (χ2n) is 4.79. The molecule has 1 aliphatic heterocycles. The smallest absolute Gasteiger partial charge is 0.334 e. The van der Waals surface area contributed by atoms with Gasteiger partial charge in [0.15, 0.2) is 0 Å². The van der Waals surface area contributed by atoms with Crippen LogP contribution in [0.2, 0.25) is 0 Å². The SMILES string of the molecule is CC1=C(C(=O)O)C(c2ccncc2)C(C#N)=C(SCC(N)=O)N1. The molecular formula is C15H14N4O3S. The lowest BCUT2D eigenvalue weighted by atomic mass is 9.83. The summed E-state index contributed by atoms with van der Waals surface area (Å²) >= 11 is 1.08. The molecule has 1 aromatic heterocycles. The number of aliphatic carboxylic acids is 1. The van der Waals surface area contributed by atoms with E-state index in [9.17, 15) is 20.0 Å². The Morgan fingerprint density at radius 3 is 2.65 bits per heavy atom. The summed E-state index contributed by atoms with van der Waals surface area (Å²) in [5.74, 6) is -2.36. The van der Waals surface area contributed by atoms with E-state index in [1.165, 1.54) is 12.4 Å². The van der Waals surface area contributed by atoms with Gasteiger partial charge in [0.1, 0.15) is 0 Å². The van der Waals surface area contributed by atoms with Crippen molar-refractivity contribution in [2.24, 2.45) is 5.73 Å². The maximum absolute atomic E-state index is 11.7. The minimum absolute atomic E-state index is 0.00768. The van der Waals surface area contributed by atoms with Crippen molar-refractivity contribution in [2.45, 2.75) is 12.8 Å². The van der Waals surface area contributed by atoms with Crippen molar-refractivity contribution in [2.75, 3.05) is 5.75 Å². The molecule has 1 amide bonds. The monoisotopic (exact) mass is 330 g/mol. The number of carbonyl (C=O) groups is 2. The Balaban J connectivity index is 2.56. The summed E-state index contributed by atoms with van der Waals surface area (Å²) in [5, 5.41) is 22.4. The number of pyridine rings is 1. The molecule has 0 fully saturated rings. The molecule has 4 N–H and O–H groups in total. The minimum atomic E-state index is -1.11. The molecule has 0 aromatic carbocycles. The van der Waals surface area contributed by atoms with Gasteiger partial charge < -0.3 is 16.2 Å². The van der Waals surface area contributed by atoms with Crippen molar-refractivity contribution in [3.05, 3.63) is 52.0 Å². The number of rotatable bonds is 5. The summed E-state index contributed by atoms with van der Waals surface area (Å²) in [6, 6.07) is 5.39. The summed E-state index contributed by atoms with van der Waals surface area (Å²) in [7, 11) is 0. The maximum atomic E-state index is 11.7. The number of hydrogen-bond donors (Lipinski definition) is 3. The highest BCUT2D eigenvalue weighted by Gasteiger charge is 2.34. The first-order chi connectivity index (χ1) is 11.0. The van der Waals surface area contributed by atoms with E-state index in [4.69, 9.17) is 5.73 Å². The average Bonchev–Trinajstić information content (AvgIpc) is 2.52. The third-order valence-corrected chi connectivity index (χ3v) is 4.32. The largest absolute Gasteiger partial charge is 0.478 e. The molecule has 0 saturated carbocycles. The predicted molar refractivity (Wildman–Crippen MR) is 84.7 cm³/mol. The van der Waals surface area contributed by atoms with Crippen molar-refractivity contribution < 1.29 is 14.7 Å². The molecule has 23 heavy (non-hydrogen) atoms. The van der Waals surface area contributed by atoms with Crippen molar-refractivity contribution in [1.29, 1.82) is 5.26 Å². The number of thioether (sulfide) groups is 1. The number of aromatic nitrogens is 1. The molecule has 1 aromatic rings. The van der Waals surface area contributed by atoms with Crippen molar-refractivity contribution in [3.63, 3.8) is 0 Å². The van der Waals surface area contributed by atoms with Crippen LogP contribution in [0.1, 0.15) is 18.4 Å². The number of nitrogens with one attached hydrogen (secondary N) is 1. The number of amides is 1. The first-order valence-electron chi connectivity index (χ1n) is 6.62. The predicted octanol–water partition coefficient (Wildman–Crippen LogP) is 1.08. The first kappa shape index (κ1) is 16.6. The van der Waals surface area contributed by atoms with Crippen LogP contribution in [0.15, 0.2) is 46.4 Å².